The molecule has 2 bridgehead atoms. The van der Waals surface area contributed by atoms with Crippen molar-refractivity contribution >= 4 is 11.5 Å². The largest absolute Gasteiger partial charge is 0.378 e. The predicted molar refractivity (Wildman–Crippen MR) is 101 cm³/mol. The average molecular weight is 371 g/mol. The molecule has 1 unspecified atom stereocenters. The smallest absolute Gasteiger partial charge is 0.227 e. The van der Waals surface area contributed by atoms with E-state index in [1.165, 1.54) is 18.4 Å². The SMILES string of the molecule is O=C([C@H]1CN2CC[C@H]1C[C@@H]2Cn1cc(C2=CCCC2)nn1)N1CCOCC1. The molecule has 7 nitrogen and oxygen atoms in total. The number of aromatic nitrogens is 3. The van der Waals surface area contributed by atoms with E-state index < -0.39 is 0 Å². The van der Waals surface area contributed by atoms with Gasteiger partial charge in [0.2, 0.25) is 5.91 Å². The second-order valence-corrected chi connectivity index (χ2v) is 8.42. The van der Waals surface area contributed by atoms with Crippen molar-refractivity contribution in [3.8, 4) is 0 Å². The first kappa shape index (κ1) is 17.4. The van der Waals surface area contributed by atoms with Crippen molar-refractivity contribution in [2.45, 2.75) is 44.7 Å². The van der Waals surface area contributed by atoms with Crippen molar-refractivity contribution in [3.05, 3.63) is 18.0 Å². The molecule has 5 heterocycles. The summed E-state index contributed by atoms with van der Waals surface area (Å²) in [6.07, 6.45) is 10.2. The van der Waals surface area contributed by atoms with E-state index in [9.17, 15) is 4.79 Å². The zero-order valence-electron chi connectivity index (χ0n) is 15.9. The predicted octanol–water partition coefficient (Wildman–Crippen LogP) is 1.41. The van der Waals surface area contributed by atoms with Crippen LogP contribution in [0.3, 0.4) is 0 Å². The highest BCUT2D eigenvalue weighted by atomic mass is 16.5. The van der Waals surface area contributed by atoms with Crippen molar-refractivity contribution < 1.29 is 9.53 Å². The zero-order valence-corrected chi connectivity index (χ0v) is 15.9. The van der Waals surface area contributed by atoms with Gasteiger partial charge in [0.25, 0.3) is 0 Å². The fourth-order valence-electron chi connectivity index (χ4n) is 5.28. The van der Waals surface area contributed by atoms with E-state index in [-0.39, 0.29) is 5.92 Å². The van der Waals surface area contributed by atoms with E-state index in [1.807, 2.05) is 9.58 Å². The molecular formula is C20H29N5O2. The Balaban J connectivity index is 1.22. The summed E-state index contributed by atoms with van der Waals surface area (Å²) in [7, 11) is 0. The zero-order chi connectivity index (χ0) is 18.2. The summed E-state index contributed by atoms with van der Waals surface area (Å²) in [4.78, 5) is 17.5. The monoisotopic (exact) mass is 371 g/mol. The Morgan fingerprint density at radius 1 is 1.26 bits per heavy atom. The Hall–Kier alpha value is -1.73. The topological polar surface area (TPSA) is 63.5 Å². The van der Waals surface area contributed by atoms with Gasteiger partial charge in [0, 0.05) is 25.7 Å². The molecule has 4 fully saturated rings. The highest BCUT2D eigenvalue weighted by Gasteiger charge is 2.44. The summed E-state index contributed by atoms with van der Waals surface area (Å²) in [6, 6.07) is 0.476. The van der Waals surface area contributed by atoms with Gasteiger partial charge >= 0.3 is 0 Å². The lowest BCUT2D eigenvalue weighted by Crippen LogP contribution is -2.59. The van der Waals surface area contributed by atoms with E-state index >= 15 is 0 Å². The van der Waals surface area contributed by atoms with Crippen LogP contribution in [-0.4, -0.2) is 76.1 Å². The molecule has 5 aliphatic rings. The maximum Gasteiger partial charge on any atom is 0.227 e. The second-order valence-electron chi connectivity index (χ2n) is 8.42. The molecule has 0 saturated carbocycles. The lowest BCUT2D eigenvalue weighted by atomic mass is 9.75. The Kier molecular flexibility index (Phi) is 4.73. The lowest BCUT2D eigenvalue weighted by molar-refractivity contribution is -0.148. The number of hydrogen-bond acceptors (Lipinski definition) is 5. The number of hydrogen-bond donors (Lipinski definition) is 0. The normalized spacial score (nSPS) is 33.3. The Morgan fingerprint density at radius 3 is 2.89 bits per heavy atom. The maximum atomic E-state index is 13.0. The molecule has 1 aromatic rings. The minimum atomic E-state index is 0.169. The molecule has 0 spiro atoms. The maximum absolute atomic E-state index is 13.0. The lowest BCUT2D eigenvalue weighted by Gasteiger charge is -2.50. The molecule has 146 valence electrons. The average Bonchev–Trinajstić information content (AvgIpc) is 3.40. The van der Waals surface area contributed by atoms with Gasteiger partial charge in [0.15, 0.2) is 0 Å². The molecule has 0 aromatic carbocycles. The number of morpholine rings is 1. The molecular weight excluding hydrogens is 342 g/mol. The molecule has 4 saturated heterocycles. The number of ether oxygens (including phenoxy) is 1. The van der Waals surface area contributed by atoms with Gasteiger partial charge in [-0.2, -0.15) is 0 Å². The summed E-state index contributed by atoms with van der Waals surface area (Å²) in [6.45, 7) is 5.76. The van der Waals surface area contributed by atoms with Gasteiger partial charge in [-0.15, -0.1) is 5.10 Å². The number of carbonyl (C=O) groups is 1. The highest BCUT2D eigenvalue weighted by molar-refractivity contribution is 5.79. The van der Waals surface area contributed by atoms with Gasteiger partial charge in [0.05, 0.1) is 31.9 Å². The molecule has 4 atom stereocenters. The van der Waals surface area contributed by atoms with E-state index in [0.29, 0.717) is 31.1 Å². The molecule has 1 aromatic heterocycles. The van der Waals surface area contributed by atoms with Crippen LogP contribution < -0.4 is 0 Å². The number of piperidine rings is 3. The number of fused-ring (bicyclic) bond motifs is 3. The number of carbonyl (C=O) groups excluding carboxylic acids is 1. The Labute approximate surface area is 160 Å². The van der Waals surface area contributed by atoms with Crippen LogP contribution in [-0.2, 0) is 16.1 Å². The second kappa shape index (κ2) is 7.36. The van der Waals surface area contributed by atoms with Gasteiger partial charge in [0.1, 0.15) is 5.69 Å². The van der Waals surface area contributed by atoms with Crippen LogP contribution in [0.4, 0.5) is 0 Å². The third kappa shape index (κ3) is 3.43. The summed E-state index contributed by atoms with van der Waals surface area (Å²) in [5.74, 6) is 1.03. The van der Waals surface area contributed by atoms with Crippen molar-refractivity contribution in [1.29, 1.82) is 0 Å². The number of amides is 1. The fourth-order valence-corrected chi connectivity index (χ4v) is 5.28. The third-order valence-electron chi connectivity index (χ3n) is 6.82. The highest BCUT2D eigenvalue weighted by Crippen LogP contribution is 2.38. The summed E-state index contributed by atoms with van der Waals surface area (Å²) < 4.78 is 7.41. The molecule has 1 amide bonds. The summed E-state index contributed by atoms with van der Waals surface area (Å²) in [5.41, 5.74) is 2.40. The number of nitrogens with zero attached hydrogens (tertiary/aromatic N) is 5. The number of allylic oxidation sites excluding steroid dienone is 2. The third-order valence-corrected chi connectivity index (χ3v) is 6.82. The Bertz CT molecular complexity index is 724. The van der Waals surface area contributed by atoms with Crippen LogP contribution in [0.2, 0.25) is 0 Å². The van der Waals surface area contributed by atoms with Crippen LogP contribution in [0.5, 0.6) is 0 Å². The quantitative estimate of drug-likeness (QED) is 0.801. The van der Waals surface area contributed by atoms with Crippen LogP contribution >= 0.6 is 0 Å². The van der Waals surface area contributed by atoms with E-state index in [1.54, 1.807) is 0 Å². The first-order valence-electron chi connectivity index (χ1n) is 10.5. The van der Waals surface area contributed by atoms with E-state index in [2.05, 4.69) is 27.5 Å². The van der Waals surface area contributed by atoms with Gasteiger partial charge < -0.3 is 9.64 Å². The summed E-state index contributed by atoms with van der Waals surface area (Å²) >= 11 is 0. The fraction of sp³-hybridized carbons (Fsp3) is 0.750. The van der Waals surface area contributed by atoms with Crippen LogP contribution in [0, 0.1) is 11.8 Å². The standard InChI is InChI=1S/C20H29N5O2/c26-20(23-7-9-27-10-8-23)18-13-24-6-5-16(18)11-17(24)12-25-14-19(21-22-25)15-3-1-2-4-15/h3,14,16-18H,1-2,4-13H2/t16-,17+,18-/m0/s1. The van der Waals surface area contributed by atoms with Crippen LogP contribution in [0.25, 0.3) is 5.57 Å². The van der Waals surface area contributed by atoms with Gasteiger partial charge in [-0.1, -0.05) is 11.3 Å². The van der Waals surface area contributed by atoms with Crippen molar-refractivity contribution in [2.24, 2.45) is 11.8 Å². The molecule has 6 rings (SSSR count). The molecule has 1 aliphatic carbocycles. The van der Waals surface area contributed by atoms with Gasteiger partial charge in [-0.05, 0) is 50.1 Å². The molecule has 4 aliphatic heterocycles. The molecule has 0 radical (unpaired) electrons. The molecule has 7 heteroatoms. The minimum absolute atomic E-state index is 0.169. The van der Waals surface area contributed by atoms with Crippen LogP contribution in [0.15, 0.2) is 12.3 Å². The number of rotatable bonds is 4. The first-order chi connectivity index (χ1) is 13.3. The van der Waals surface area contributed by atoms with Gasteiger partial charge in [-0.3, -0.25) is 14.4 Å². The van der Waals surface area contributed by atoms with Crippen molar-refractivity contribution in [3.63, 3.8) is 0 Å². The van der Waals surface area contributed by atoms with E-state index in [4.69, 9.17) is 4.74 Å². The minimum Gasteiger partial charge on any atom is -0.378 e. The van der Waals surface area contributed by atoms with Crippen LogP contribution in [0.1, 0.15) is 37.8 Å². The van der Waals surface area contributed by atoms with E-state index in [0.717, 1.165) is 57.7 Å². The van der Waals surface area contributed by atoms with Gasteiger partial charge in [-0.25, -0.2) is 0 Å². The first-order valence-corrected chi connectivity index (χ1v) is 10.5. The molecule has 27 heavy (non-hydrogen) atoms. The summed E-state index contributed by atoms with van der Waals surface area (Å²) in [5, 5.41) is 8.76. The van der Waals surface area contributed by atoms with Crippen molar-refractivity contribution in [2.75, 3.05) is 39.4 Å². The molecule has 0 N–H and O–H groups in total. The van der Waals surface area contributed by atoms with Crippen molar-refractivity contribution in [1.82, 2.24) is 24.8 Å². The Morgan fingerprint density at radius 2 is 2.15 bits per heavy atom.